The highest BCUT2D eigenvalue weighted by molar-refractivity contribution is 6.11. The second-order valence-electron chi connectivity index (χ2n) is 10.4. The maximum Gasteiger partial charge on any atom is 0.252 e. The van der Waals surface area contributed by atoms with Gasteiger partial charge in [0.25, 0.3) is 5.91 Å². The molecule has 1 aliphatic heterocycles. The lowest BCUT2D eigenvalue weighted by molar-refractivity contribution is 0.0562. The van der Waals surface area contributed by atoms with Crippen LogP contribution in [-0.2, 0) is 5.54 Å². The van der Waals surface area contributed by atoms with E-state index < -0.39 is 5.54 Å². The van der Waals surface area contributed by atoms with Gasteiger partial charge in [-0.25, -0.2) is 0 Å². The number of amides is 1. The summed E-state index contributed by atoms with van der Waals surface area (Å²) in [7, 11) is 5.82. The fraction of sp³-hybridized carbons (Fsp3) is 0.333. The van der Waals surface area contributed by atoms with Gasteiger partial charge in [0.2, 0.25) is 0 Å². The van der Waals surface area contributed by atoms with Gasteiger partial charge in [-0.1, -0.05) is 12.1 Å². The lowest BCUT2D eigenvalue weighted by atomic mass is 9.95. The maximum absolute atomic E-state index is 13.7. The number of hydrogen-bond acceptors (Lipinski definition) is 5. The van der Waals surface area contributed by atoms with Gasteiger partial charge in [0.1, 0.15) is 17.3 Å². The zero-order chi connectivity index (χ0) is 25.7. The van der Waals surface area contributed by atoms with E-state index in [2.05, 4.69) is 50.7 Å². The van der Waals surface area contributed by atoms with Crippen molar-refractivity contribution >= 4 is 27.1 Å². The standard InChI is InChI=1S/C30H30N3O3Si/c1-18-6-8-21(36-29(37)26-10-14-33(26)3)17-23(18)28(34)32-30(11-12-30)24-15-20(27-9-7-19(2)35-27)16-25-22(24)5-4-13-31-25/h4-9,13,15-17,26,29H,10-12,14H2,1-3H3,(H,32,34)/t26-,29-/m0/s1. The lowest BCUT2D eigenvalue weighted by Crippen LogP contribution is -2.53. The Kier molecular flexibility index (Phi) is 5.92. The number of likely N-dealkylation sites (N-methyl/N-ethyl adjacent to an activating group) is 1. The van der Waals surface area contributed by atoms with Crippen LogP contribution in [-0.4, -0.2) is 51.4 Å². The molecule has 1 saturated heterocycles. The lowest BCUT2D eigenvalue weighted by Gasteiger charge is -2.41. The van der Waals surface area contributed by atoms with E-state index in [0.29, 0.717) is 17.4 Å². The molecular formula is C30H30N3O3Si. The molecular weight excluding hydrogens is 478 g/mol. The molecule has 3 radical (unpaired) electrons. The van der Waals surface area contributed by atoms with Crippen molar-refractivity contribution in [3.63, 3.8) is 0 Å². The van der Waals surface area contributed by atoms with Crippen LogP contribution in [0.5, 0.6) is 5.75 Å². The Hall–Kier alpha value is -3.42. The number of nitrogens with one attached hydrogen (secondary N) is 1. The normalized spacial score (nSPS) is 19.3. The first-order chi connectivity index (χ1) is 17.8. The number of fused-ring (bicyclic) bond motifs is 1. The molecule has 2 aromatic heterocycles. The Morgan fingerprint density at radius 2 is 2.03 bits per heavy atom. The topological polar surface area (TPSA) is 67.6 Å². The number of hydrogen-bond donors (Lipinski definition) is 1. The Balaban J connectivity index is 1.30. The smallest absolute Gasteiger partial charge is 0.252 e. The van der Waals surface area contributed by atoms with E-state index in [-0.39, 0.29) is 11.6 Å². The van der Waals surface area contributed by atoms with Gasteiger partial charge in [-0.15, -0.1) is 0 Å². The monoisotopic (exact) mass is 508 g/mol. The molecule has 2 aromatic carbocycles. The van der Waals surface area contributed by atoms with Gasteiger partial charge in [-0.3, -0.25) is 9.78 Å². The van der Waals surface area contributed by atoms with Crippen LogP contribution in [0, 0.1) is 13.8 Å². The molecule has 0 spiro atoms. The van der Waals surface area contributed by atoms with Gasteiger partial charge >= 0.3 is 0 Å². The van der Waals surface area contributed by atoms with E-state index in [0.717, 1.165) is 64.9 Å². The van der Waals surface area contributed by atoms with Crippen molar-refractivity contribution in [3.8, 4) is 17.1 Å². The fourth-order valence-electron chi connectivity index (χ4n) is 5.24. The quantitative estimate of drug-likeness (QED) is 0.352. The fourth-order valence-corrected chi connectivity index (χ4v) is 5.80. The molecule has 187 valence electrons. The number of pyridine rings is 1. The van der Waals surface area contributed by atoms with Crippen LogP contribution in [0.3, 0.4) is 0 Å². The van der Waals surface area contributed by atoms with Crippen LogP contribution in [0.25, 0.3) is 22.2 Å². The van der Waals surface area contributed by atoms with Crippen molar-refractivity contribution in [2.45, 2.75) is 50.4 Å². The van der Waals surface area contributed by atoms with Crippen molar-refractivity contribution in [1.82, 2.24) is 15.2 Å². The molecule has 2 atom stereocenters. The van der Waals surface area contributed by atoms with E-state index in [4.69, 9.17) is 9.15 Å². The van der Waals surface area contributed by atoms with Gasteiger partial charge in [0, 0.05) is 28.8 Å². The van der Waals surface area contributed by atoms with Crippen LogP contribution in [0.2, 0.25) is 0 Å². The van der Waals surface area contributed by atoms with Crippen molar-refractivity contribution in [2.75, 3.05) is 13.6 Å². The molecule has 1 aliphatic carbocycles. The Bertz CT molecular complexity index is 1490. The highest BCUT2D eigenvalue weighted by Crippen LogP contribution is 2.49. The van der Waals surface area contributed by atoms with Gasteiger partial charge in [-0.2, -0.15) is 0 Å². The number of aromatic nitrogens is 1. The summed E-state index contributed by atoms with van der Waals surface area (Å²) < 4.78 is 12.1. The molecule has 1 saturated carbocycles. The van der Waals surface area contributed by atoms with E-state index in [9.17, 15) is 4.79 Å². The number of carbonyl (C=O) groups excluding carboxylic acids is 1. The summed E-state index contributed by atoms with van der Waals surface area (Å²) >= 11 is 0. The molecule has 1 amide bonds. The third-order valence-corrected chi connectivity index (χ3v) is 8.28. The molecule has 4 aromatic rings. The largest absolute Gasteiger partial charge is 0.493 e. The van der Waals surface area contributed by atoms with Crippen LogP contribution < -0.4 is 10.1 Å². The Morgan fingerprint density at radius 1 is 1.19 bits per heavy atom. The number of aryl methyl sites for hydroxylation is 2. The van der Waals surface area contributed by atoms with E-state index in [1.165, 1.54) is 0 Å². The number of rotatable bonds is 7. The van der Waals surface area contributed by atoms with Crippen LogP contribution in [0.1, 0.15) is 46.5 Å². The van der Waals surface area contributed by atoms with Gasteiger partial charge in [0.15, 0.2) is 0 Å². The molecule has 3 heterocycles. The summed E-state index contributed by atoms with van der Waals surface area (Å²) in [6.07, 6.45) is 4.63. The molecule has 0 unspecified atom stereocenters. The second kappa shape index (κ2) is 9.15. The summed E-state index contributed by atoms with van der Waals surface area (Å²) in [5, 5.41) is 4.43. The maximum atomic E-state index is 13.7. The minimum absolute atomic E-state index is 0.0944. The second-order valence-corrected chi connectivity index (χ2v) is 11.0. The van der Waals surface area contributed by atoms with Gasteiger partial charge in [0.05, 0.1) is 27.0 Å². The molecule has 1 N–H and O–H groups in total. The molecule has 0 bridgehead atoms. The predicted molar refractivity (Wildman–Crippen MR) is 145 cm³/mol. The zero-order valence-corrected chi connectivity index (χ0v) is 22.4. The van der Waals surface area contributed by atoms with E-state index in [1.807, 2.05) is 50.2 Å². The molecule has 37 heavy (non-hydrogen) atoms. The number of carbonyl (C=O) groups is 1. The van der Waals surface area contributed by atoms with E-state index in [1.54, 1.807) is 6.20 Å². The minimum atomic E-state index is -0.439. The summed E-state index contributed by atoms with van der Waals surface area (Å²) in [6.45, 7) is 4.97. The van der Waals surface area contributed by atoms with Crippen molar-refractivity contribution in [3.05, 3.63) is 83.2 Å². The molecule has 2 aliphatic rings. The average molecular weight is 509 g/mol. The summed E-state index contributed by atoms with van der Waals surface area (Å²) in [6, 6.07) is 18.2. The SMILES string of the molecule is Cc1ccc(-c2cc(C3(NC(=O)c4cc(O[C@@H]([Si])[C@@H]5CCN5C)ccc4C)CC3)c3cccnc3c2)o1. The summed E-state index contributed by atoms with van der Waals surface area (Å²) in [5.41, 5.74) is 3.91. The van der Waals surface area contributed by atoms with Gasteiger partial charge < -0.3 is 19.4 Å². The Morgan fingerprint density at radius 3 is 2.70 bits per heavy atom. The average Bonchev–Trinajstić information content (AvgIpc) is 3.52. The number of furan rings is 1. The summed E-state index contributed by atoms with van der Waals surface area (Å²) in [5.74, 6) is 2.25. The number of ether oxygens (including phenoxy) is 1. The number of nitrogens with zero attached hydrogens (tertiary/aromatic N) is 2. The molecule has 2 fully saturated rings. The van der Waals surface area contributed by atoms with Crippen molar-refractivity contribution < 1.29 is 13.9 Å². The zero-order valence-electron chi connectivity index (χ0n) is 21.4. The first-order valence-electron chi connectivity index (χ1n) is 12.8. The van der Waals surface area contributed by atoms with Crippen LogP contribution >= 0.6 is 0 Å². The molecule has 7 heteroatoms. The first-order valence-corrected chi connectivity index (χ1v) is 13.4. The highest BCUT2D eigenvalue weighted by atomic mass is 28.1. The number of likely N-dealkylation sites (tertiary alicyclic amines) is 1. The first kappa shape index (κ1) is 23.9. The molecule has 6 rings (SSSR count). The summed E-state index contributed by atoms with van der Waals surface area (Å²) in [4.78, 5) is 20.5. The van der Waals surface area contributed by atoms with Crippen molar-refractivity contribution in [1.29, 1.82) is 0 Å². The minimum Gasteiger partial charge on any atom is -0.493 e. The number of benzene rings is 2. The van der Waals surface area contributed by atoms with E-state index >= 15 is 0 Å². The third-order valence-electron chi connectivity index (χ3n) is 7.77. The predicted octanol–water partition coefficient (Wildman–Crippen LogP) is 5.11. The van der Waals surface area contributed by atoms with Gasteiger partial charge in [-0.05, 0) is 100 Å². The molecule has 6 nitrogen and oxygen atoms in total. The van der Waals surface area contributed by atoms with Crippen molar-refractivity contribution in [2.24, 2.45) is 0 Å². The Labute approximate surface area is 220 Å². The van der Waals surface area contributed by atoms with Crippen LogP contribution in [0.4, 0.5) is 0 Å². The highest BCUT2D eigenvalue weighted by Gasteiger charge is 2.47. The third kappa shape index (κ3) is 4.47. The van der Waals surface area contributed by atoms with Crippen LogP contribution in [0.15, 0.2) is 65.2 Å².